The lowest BCUT2D eigenvalue weighted by molar-refractivity contribution is 0.103. The normalized spacial score (nSPS) is 10.5. The van der Waals surface area contributed by atoms with Gasteiger partial charge in [0.15, 0.2) is 0 Å². The molecule has 17 heavy (non-hydrogen) atoms. The highest BCUT2D eigenvalue weighted by molar-refractivity contribution is 7.03. The predicted octanol–water partition coefficient (Wildman–Crippen LogP) is 2.56. The lowest BCUT2D eigenvalue weighted by Crippen LogP contribution is -2.07. The summed E-state index contributed by atoms with van der Waals surface area (Å²) in [5, 5.41) is 5.40. The Hall–Kier alpha value is -1.75. The molecule has 1 heterocycles. The van der Waals surface area contributed by atoms with Crippen LogP contribution in [0.4, 0.5) is 0 Å². The van der Waals surface area contributed by atoms with Crippen LogP contribution in [0.5, 0.6) is 5.75 Å². The van der Waals surface area contributed by atoms with E-state index in [9.17, 15) is 4.79 Å². The lowest BCUT2D eigenvalue weighted by Gasteiger charge is -2.09. The molecule has 88 valence electrons. The van der Waals surface area contributed by atoms with Gasteiger partial charge in [0, 0.05) is 10.9 Å². The molecule has 0 radical (unpaired) electrons. The number of ketones is 1. The van der Waals surface area contributed by atoms with E-state index in [0.717, 1.165) is 11.5 Å². The monoisotopic (exact) mass is 248 g/mol. The number of ether oxygens (including phenoxy) is 1. The van der Waals surface area contributed by atoms with Crippen LogP contribution in [0.25, 0.3) is 0 Å². The van der Waals surface area contributed by atoms with Gasteiger partial charge < -0.3 is 4.74 Å². The third kappa shape index (κ3) is 2.88. The molecule has 0 bridgehead atoms. The summed E-state index contributed by atoms with van der Waals surface area (Å²) in [5.74, 6) is 0.557. The summed E-state index contributed by atoms with van der Waals surface area (Å²) in [7, 11) is 0. The molecule has 2 aromatic rings. The van der Waals surface area contributed by atoms with E-state index in [0.29, 0.717) is 17.0 Å². The Balaban J connectivity index is 2.24. The van der Waals surface area contributed by atoms with Gasteiger partial charge in [0.05, 0.1) is 6.10 Å². The molecule has 0 aliphatic carbocycles. The first-order valence-corrected chi connectivity index (χ1v) is 6.09. The van der Waals surface area contributed by atoms with E-state index in [4.69, 9.17) is 4.74 Å². The van der Waals surface area contributed by atoms with Gasteiger partial charge in [-0.3, -0.25) is 4.79 Å². The fraction of sp³-hybridized carbons (Fsp3) is 0.250. The molecule has 5 heteroatoms. The highest BCUT2D eigenvalue weighted by atomic mass is 32.1. The van der Waals surface area contributed by atoms with Crippen LogP contribution >= 0.6 is 11.5 Å². The van der Waals surface area contributed by atoms with Crippen LogP contribution in [0.15, 0.2) is 29.6 Å². The minimum Gasteiger partial charge on any atom is -0.491 e. The average molecular weight is 248 g/mol. The summed E-state index contributed by atoms with van der Waals surface area (Å²) in [6.07, 6.45) is 0.0845. The molecule has 0 amide bonds. The second-order valence-electron chi connectivity index (χ2n) is 3.81. The van der Waals surface area contributed by atoms with E-state index < -0.39 is 0 Å². The molecule has 0 spiro atoms. The van der Waals surface area contributed by atoms with Crippen molar-refractivity contribution in [2.45, 2.75) is 20.0 Å². The smallest absolute Gasteiger partial charge is 0.214 e. The van der Waals surface area contributed by atoms with Crippen molar-refractivity contribution in [1.29, 1.82) is 0 Å². The van der Waals surface area contributed by atoms with Gasteiger partial charge in [-0.1, -0.05) is 16.6 Å². The van der Waals surface area contributed by atoms with Crippen molar-refractivity contribution in [3.05, 3.63) is 40.9 Å². The van der Waals surface area contributed by atoms with E-state index in [-0.39, 0.29) is 11.9 Å². The molecule has 1 aromatic carbocycles. The van der Waals surface area contributed by atoms with E-state index in [2.05, 4.69) is 9.59 Å². The predicted molar refractivity (Wildman–Crippen MR) is 65.5 cm³/mol. The Labute approximate surface area is 103 Å². The second kappa shape index (κ2) is 5.05. The number of benzene rings is 1. The zero-order valence-electron chi connectivity index (χ0n) is 9.58. The van der Waals surface area contributed by atoms with Crippen LogP contribution in [0.1, 0.15) is 29.9 Å². The number of nitrogens with zero attached hydrogens (tertiary/aromatic N) is 2. The molecular formula is C12H12N2O2S. The summed E-state index contributed by atoms with van der Waals surface area (Å²) in [4.78, 5) is 12.0. The maximum Gasteiger partial charge on any atom is 0.214 e. The molecule has 4 nitrogen and oxygen atoms in total. The molecule has 0 unspecified atom stereocenters. The highest BCUT2D eigenvalue weighted by Crippen LogP contribution is 2.17. The summed E-state index contributed by atoms with van der Waals surface area (Å²) < 4.78 is 9.22. The quantitative estimate of drug-likeness (QED) is 0.780. The van der Waals surface area contributed by atoms with Crippen LogP contribution in [0.2, 0.25) is 0 Å². The number of aromatic nitrogens is 2. The summed E-state index contributed by atoms with van der Waals surface area (Å²) in [6, 6.07) is 7.09. The third-order valence-electron chi connectivity index (χ3n) is 2.06. The zero-order valence-corrected chi connectivity index (χ0v) is 10.4. The number of carbonyl (C=O) groups excluding carboxylic acids is 1. The summed E-state index contributed by atoms with van der Waals surface area (Å²) in [6.45, 7) is 3.89. The molecule has 2 rings (SSSR count). The van der Waals surface area contributed by atoms with Crippen molar-refractivity contribution in [1.82, 2.24) is 9.59 Å². The van der Waals surface area contributed by atoms with E-state index >= 15 is 0 Å². The minimum absolute atomic E-state index is 0.0845. The first-order valence-electron chi connectivity index (χ1n) is 5.25. The Morgan fingerprint density at radius 3 is 2.88 bits per heavy atom. The summed E-state index contributed by atoms with van der Waals surface area (Å²) in [5.41, 5.74) is 0.938. The van der Waals surface area contributed by atoms with E-state index in [1.165, 1.54) is 0 Å². The van der Waals surface area contributed by atoms with Gasteiger partial charge in [-0.15, -0.1) is 5.10 Å². The molecule has 0 fully saturated rings. The maximum absolute atomic E-state index is 12.0. The number of carbonyl (C=O) groups is 1. The number of hydrogen-bond donors (Lipinski definition) is 0. The van der Waals surface area contributed by atoms with Crippen LogP contribution in [-0.2, 0) is 0 Å². The Kier molecular flexibility index (Phi) is 3.49. The first-order chi connectivity index (χ1) is 8.16. The van der Waals surface area contributed by atoms with Crippen molar-refractivity contribution < 1.29 is 9.53 Å². The molecule has 0 aliphatic heterocycles. The van der Waals surface area contributed by atoms with Gasteiger partial charge in [0.25, 0.3) is 0 Å². The number of rotatable bonds is 4. The fourth-order valence-corrected chi connectivity index (χ4v) is 1.83. The van der Waals surface area contributed by atoms with Gasteiger partial charge in [-0.2, -0.15) is 0 Å². The van der Waals surface area contributed by atoms with E-state index in [1.807, 2.05) is 19.9 Å². The van der Waals surface area contributed by atoms with E-state index in [1.54, 1.807) is 23.6 Å². The second-order valence-corrected chi connectivity index (χ2v) is 4.42. The summed E-state index contributed by atoms with van der Waals surface area (Å²) >= 11 is 1.16. The van der Waals surface area contributed by atoms with Crippen molar-refractivity contribution in [2.75, 3.05) is 0 Å². The topological polar surface area (TPSA) is 52.1 Å². The number of hydrogen-bond acceptors (Lipinski definition) is 5. The van der Waals surface area contributed by atoms with Crippen LogP contribution < -0.4 is 4.74 Å². The average Bonchev–Trinajstić information content (AvgIpc) is 2.81. The van der Waals surface area contributed by atoms with Crippen molar-refractivity contribution in [2.24, 2.45) is 0 Å². The fourth-order valence-electron chi connectivity index (χ4n) is 1.39. The highest BCUT2D eigenvalue weighted by Gasteiger charge is 2.12. The molecule has 0 saturated carbocycles. The molecule has 0 aliphatic rings. The SMILES string of the molecule is CC(C)Oc1cccc(C(=O)c2csnn2)c1. The Morgan fingerprint density at radius 2 is 2.24 bits per heavy atom. The molecule has 0 saturated heterocycles. The largest absolute Gasteiger partial charge is 0.491 e. The van der Waals surface area contributed by atoms with Crippen LogP contribution in [0, 0.1) is 0 Å². The minimum atomic E-state index is -0.132. The Morgan fingerprint density at radius 1 is 1.41 bits per heavy atom. The van der Waals surface area contributed by atoms with Crippen LogP contribution in [0.3, 0.4) is 0 Å². The van der Waals surface area contributed by atoms with Gasteiger partial charge in [-0.25, -0.2) is 0 Å². The standard InChI is InChI=1S/C12H12N2O2S/c1-8(2)16-10-5-3-4-9(6-10)12(15)11-7-17-14-13-11/h3-8H,1-2H3. The maximum atomic E-state index is 12.0. The van der Waals surface area contributed by atoms with Crippen LogP contribution in [-0.4, -0.2) is 21.5 Å². The van der Waals surface area contributed by atoms with Crippen molar-refractivity contribution >= 4 is 17.3 Å². The molecule has 0 atom stereocenters. The van der Waals surface area contributed by atoms with Crippen molar-refractivity contribution in [3.8, 4) is 5.75 Å². The third-order valence-corrected chi connectivity index (χ3v) is 2.57. The van der Waals surface area contributed by atoms with Gasteiger partial charge >= 0.3 is 0 Å². The van der Waals surface area contributed by atoms with Gasteiger partial charge in [0.2, 0.25) is 5.78 Å². The Bertz CT molecular complexity index is 509. The van der Waals surface area contributed by atoms with Crippen molar-refractivity contribution in [3.63, 3.8) is 0 Å². The molecule has 1 aromatic heterocycles. The zero-order chi connectivity index (χ0) is 12.3. The molecular weight excluding hydrogens is 236 g/mol. The van der Waals surface area contributed by atoms with Gasteiger partial charge in [0.1, 0.15) is 11.4 Å². The lowest BCUT2D eigenvalue weighted by atomic mass is 10.1. The first kappa shape index (κ1) is 11.7. The molecule has 0 N–H and O–H groups in total. The van der Waals surface area contributed by atoms with Gasteiger partial charge in [-0.05, 0) is 37.5 Å².